The Bertz CT molecular complexity index is 167. The van der Waals surface area contributed by atoms with Crippen LogP contribution in [-0.4, -0.2) is 23.3 Å². The van der Waals surface area contributed by atoms with E-state index in [1.807, 2.05) is 6.92 Å². The lowest BCUT2D eigenvalue weighted by Gasteiger charge is -2.19. The molecule has 1 aliphatic rings. The maximum Gasteiger partial charge on any atom is 0.229 e. The highest BCUT2D eigenvalue weighted by Crippen LogP contribution is 2.15. The zero-order chi connectivity index (χ0) is 8.27. The fourth-order valence-electron chi connectivity index (χ4n) is 1.39. The molecule has 0 aromatic rings. The normalized spacial score (nSPS) is 26.5. The Balaban J connectivity index is 2.66. The molecule has 0 aromatic carbocycles. The van der Waals surface area contributed by atoms with Gasteiger partial charge in [-0.05, 0) is 19.8 Å². The minimum absolute atomic E-state index is 0.0231. The van der Waals surface area contributed by atoms with Crippen LogP contribution in [0.2, 0.25) is 0 Å². The number of hydrogen-bond acceptors (Lipinski definition) is 2. The minimum Gasteiger partial charge on any atom is -0.282 e. The molecular formula is C8H13NO2. The number of amides is 2. The van der Waals surface area contributed by atoms with E-state index in [9.17, 15) is 9.59 Å². The first-order valence-corrected chi connectivity index (χ1v) is 4.02. The monoisotopic (exact) mass is 155 g/mol. The molecule has 1 fully saturated rings. The number of imide groups is 1. The molecular weight excluding hydrogens is 142 g/mol. The Kier molecular flexibility index (Phi) is 2.63. The van der Waals surface area contributed by atoms with Crippen molar-refractivity contribution in [1.82, 2.24) is 4.90 Å². The van der Waals surface area contributed by atoms with E-state index in [0.717, 1.165) is 19.3 Å². The predicted molar refractivity (Wildman–Crippen MR) is 40.8 cm³/mol. The summed E-state index contributed by atoms with van der Waals surface area (Å²) in [6.07, 6.45) is 4.11. The molecule has 3 nitrogen and oxygen atoms in total. The van der Waals surface area contributed by atoms with Crippen LogP contribution in [-0.2, 0) is 9.59 Å². The maximum absolute atomic E-state index is 11.2. The lowest BCUT2D eigenvalue weighted by Crippen LogP contribution is -2.35. The summed E-state index contributed by atoms with van der Waals surface area (Å²) in [6.45, 7) is 1.91. The van der Waals surface area contributed by atoms with Crippen LogP contribution in [0.25, 0.3) is 0 Å². The zero-order valence-corrected chi connectivity index (χ0v) is 6.75. The van der Waals surface area contributed by atoms with E-state index in [2.05, 4.69) is 0 Å². The van der Waals surface area contributed by atoms with Gasteiger partial charge in [0.25, 0.3) is 0 Å². The topological polar surface area (TPSA) is 37.4 Å². The van der Waals surface area contributed by atoms with Gasteiger partial charge < -0.3 is 0 Å². The standard InChI is InChI=1S/C8H13NO2/c1-7-4-2-3-5-8(11)9(7)6-10/h6-7H,2-5H2,1H3. The summed E-state index contributed by atoms with van der Waals surface area (Å²) in [6, 6.07) is 0.0995. The van der Waals surface area contributed by atoms with Gasteiger partial charge in [-0.3, -0.25) is 14.5 Å². The van der Waals surface area contributed by atoms with Gasteiger partial charge in [0.15, 0.2) is 0 Å². The number of hydrogen-bond donors (Lipinski definition) is 0. The largest absolute Gasteiger partial charge is 0.282 e. The highest BCUT2D eigenvalue weighted by molar-refractivity contribution is 5.86. The van der Waals surface area contributed by atoms with E-state index in [4.69, 9.17) is 0 Å². The Labute approximate surface area is 66.4 Å². The van der Waals surface area contributed by atoms with E-state index in [-0.39, 0.29) is 11.9 Å². The molecule has 0 N–H and O–H groups in total. The molecule has 1 atom stereocenters. The smallest absolute Gasteiger partial charge is 0.229 e. The van der Waals surface area contributed by atoms with Crippen LogP contribution in [0.15, 0.2) is 0 Å². The van der Waals surface area contributed by atoms with Crippen molar-refractivity contribution < 1.29 is 9.59 Å². The quantitative estimate of drug-likeness (QED) is 0.528. The average molecular weight is 155 g/mol. The second kappa shape index (κ2) is 3.51. The zero-order valence-electron chi connectivity index (χ0n) is 6.75. The third kappa shape index (κ3) is 1.79. The summed E-state index contributed by atoms with van der Waals surface area (Å²) < 4.78 is 0. The molecule has 1 unspecified atom stereocenters. The molecule has 62 valence electrons. The molecule has 11 heavy (non-hydrogen) atoms. The van der Waals surface area contributed by atoms with Crippen molar-refractivity contribution in [2.75, 3.05) is 0 Å². The van der Waals surface area contributed by atoms with Gasteiger partial charge in [-0.2, -0.15) is 0 Å². The molecule has 1 heterocycles. The van der Waals surface area contributed by atoms with Gasteiger partial charge in [-0.1, -0.05) is 6.42 Å². The first-order valence-electron chi connectivity index (χ1n) is 4.02. The van der Waals surface area contributed by atoms with E-state index in [1.54, 1.807) is 0 Å². The van der Waals surface area contributed by atoms with E-state index < -0.39 is 0 Å². The van der Waals surface area contributed by atoms with Crippen molar-refractivity contribution in [3.8, 4) is 0 Å². The molecule has 0 aromatic heterocycles. The van der Waals surface area contributed by atoms with Crippen molar-refractivity contribution in [3.05, 3.63) is 0 Å². The summed E-state index contributed by atoms with van der Waals surface area (Å²) in [5.74, 6) is -0.0231. The minimum atomic E-state index is -0.0231. The van der Waals surface area contributed by atoms with Gasteiger partial charge >= 0.3 is 0 Å². The molecule has 3 heteroatoms. The van der Waals surface area contributed by atoms with Crippen LogP contribution in [0.5, 0.6) is 0 Å². The van der Waals surface area contributed by atoms with Gasteiger partial charge in [0.05, 0.1) is 0 Å². The maximum atomic E-state index is 11.2. The van der Waals surface area contributed by atoms with Crippen LogP contribution in [0, 0.1) is 0 Å². The van der Waals surface area contributed by atoms with Gasteiger partial charge in [-0.25, -0.2) is 0 Å². The third-order valence-electron chi connectivity index (χ3n) is 2.14. The van der Waals surface area contributed by atoms with E-state index >= 15 is 0 Å². The Hall–Kier alpha value is -0.860. The van der Waals surface area contributed by atoms with Gasteiger partial charge in [0.2, 0.25) is 12.3 Å². The van der Waals surface area contributed by atoms with E-state index in [0.29, 0.717) is 12.8 Å². The second-order valence-corrected chi connectivity index (χ2v) is 3.00. The van der Waals surface area contributed by atoms with Gasteiger partial charge in [0, 0.05) is 12.5 Å². The molecule has 2 amide bonds. The van der Waals surface area contributed by atoms with Crippen molar-refractivity contribution in [3.63, 3.8) is 0 Å². The Morgan fingerprint density at radius 2 is 2.27 bits per heavy atom. The number of carbonyl (C=O) groups is 2. The van der Waals surface area contributed by atoms with Crippen LogP contribution in [0.1, 0.15) is 32.6 Å². The number of rotatable bonds is 1. The van der Waals surface area contributed by atoms with Crippen LogP contribution >= 0.6 is 0 Å². The molecule has 0 radical (unpaired) electrons. The SMILES string of the molecule is CC1CCCCC(=O)N1C=O. The third-order valence-corrected chi connectivity index (χ3v) is 2.14. The highest BCUT2D eigenvalue weighted by atomic mass is 16.2. The first kappa shape index (κ1) is 8.24. The first-order chi connectivity index (χ1) is 5.25. The summed E-state index contributed by atoms with van der Waals surface area (Å²) in [5, 5.41) is 0. The highest BCUT2D eigenvalue weighted by Gasteiger charge is 2.21. The fraction of sp³-hybridized carbons (Fsp3) is 0.750. The predicted octanol–water partition coefficient (Wildman–Crippen LogP) is 0.934. The number of nitrogens with zero attached hydrogens (tertiary/aromatic N) is 1. The van der Waals surface area contributed by atoms with Gasteiger partial charge in [0.1, 0.15) is 0 Å². The second-order valence-electron chi connectivity index (χ2n) is 3.00. The molecule has 1 aliphatic heterocycles. The molecule has 1 rings (SSSR count). The van der Waals surface area contributed by atoms with Crippen molar-refractivity contribution in [2.24, 2.45) is 0 Å². The molecule has 0 spiro atoms. The van der Waals surface area contributed by atoms with Crippen LogP contribution < -0.4 is 0 Å². The molecule has 1 saturated heterocycles. The molecule has 0 saturated carbocycles. The summed E-state index contributed by atoms with van der Waals surface area (Å²) in [4.78, 5) is 22.9. The number of carbonyl (C=O) groups excluding carboxylic acids is 2. The molecule has 0 bridgehead atoms. The average Bonchev–Trinajstić information content (AvgIpc) is 2.12. The molecule has 0 aliphatic carbocycles. The fourth-order valence-corrected chi connectivity index (χ4v) is 1.39. The lowest BCUT2D eigenvalue weighted by atomic mass is 10.1. The van der Waals surface area contributed by atoms with Crippen molar-refractivity contribution in [2.45, 2.75) is 38.6 Å². The summed E-state index contributed by atoms with van der Waals surface area (Å²) in [5.41, 5.74) is 0. The van der Waals surface area contributed by atoms with E-state index in [1.165, 1.54) is 4.90 Å². The summed E-state index contributed by atoms with van der Waals surface area (Å²) in [7, 11) is 0. The number of likely N-dealkylation sites (tertiary alicyclic amines) is 1. The van der Waals surface area contributed by atoms with Crippen LogP contribution in [0.4, 0.5) is 0 Å². The van der Waals surface area contributed by atoms with Crippen molar-refractivity contribution >= 4 is 12.3 Å². The lowest BCUT2D eigenvalue weighted by molar-refractivity contribution is -0.139. The van der Waals surface area contributed by atoms with Crippen molar-refractivity contribution in [1.29, 1.82) is 0 Å². The van der Waals surface area contributed by atoms with Crippen LogP contribution in [0.3, 0.4) is 0 Å². The Morgan fingerprint density at radius 3 is 2.91 bits per heavy atom. The van der Waals surface area contributed by atoms with Gasteiger partial charge in [-0.15, -0.1) is 0 Å². The Morgan fingerprint density at radius 1 is 1.55 bits per heavy atom. The summed E-state index contributed by atoms with van der Waals surface area (Å²) >= 11 is 0.